The lowest BCUT2D eigenvalue weighted by Crippen LogP contribution is -2.30. The molecule has 126 valence electrons. The van der Waals surface area contributed by atoms with Crippen LogP contribution in [0.2, 0.25) is 0 Å². The first-order chi connectivity index (χ1) is 11.7. The van der Waals surface area contributed by atoms with E-state index < -0.39 is 0 Å². The molecule has 2 aromatic carbocycles. The van der Waals surface area contributed by atoms with Gasteiger partial charge in [-0.1, -0.05) is 24.3 Å². The van der Waals surface area contributed by atoms with E-state index in [1.54, 1.807) is 0 Å². The summed E-state index contributed by atoms with van der Waals surface area (Å²) in [7, 11) is 0. The molecular formula is C20H24N2O2. The molecule has 24 heavy (non-hydrogen) atoms. The lowest BCUT2D eigenvalue weighted by molar-refractivity contribution is -0.117. The van der Waals surface area contributed by atoms with E-state index in [1.807, 2.05) is 55.5 Å². The third-order valence-electron chi connectivity index (χ3n) is 4.31. The molecule has 1 amide bonds. The molecule has 0 unspecified atom stereocenters. The zero-order chi connectivity index (χ0) is 16.8. The van der Waals surface area contributed by atoms with Crippen LogP contribution in [0.1, 0.15) is 24.8 Å². The summed E-state index contributed by atoms with van der Waals surface area (Å²) in [6.45, 7) is 4.04. The Kier molecular flexibility index (Phi) is 5.49. The number of rotatable bonds is 5. The normalized spacial score (nSPS) is 15.0. The highest BCUT2D eigenvalue weighted by atomic mass is 16.5. The smallest absolute Gasteiger partial charge is 0.224 e. The minimum absolute atomic E-state index is 0.0576. The molecule has 1 saturated heterocycles. The van der Waals surface area contributed by atoms with Gasteiger partial charge in [-0.05, 0) is 68.6 Å². The summed E-state index contributed by atoms with van der Waals surface area (Å²) in [5.41, 5.74) is 1.86. The highest BCUT2D eigenvalue weighted by Gasteiger charge is 2.17. The number of nitrogens with one attached hydrogen (secondary N) is 2. The van der Waals surface area contributed by atoms with Crippen molar-refractivity contribution >= 4 is 11.6 Å². The molecule has 1 aliphatic rings. The standard InChI is InChI=1S/C20H24N2O2/c1-15-5-4-6-17(13-15)24-19-8-3-2-7-18(19)22-20(23)14-16-9-11-21-12-10-16/h2-8,13,16,21H,9-12,14H2,1H3,(H,22,23). The van der Waals surface area contributed by atoms with Crippen LogP contribution in [0.4, 0.5) is 5.69 Å². The zero-order valence-corrected chi connectivity index (χ0v) is 14.0. The first-order valence-corrected chi connectivity index (χ1v) is 8.55. The van der Waals surface area contributed by atoms with E-state index in [9.17, 15) is 4.79 Å². The molecule has 0 spiro atoms. The van der Waals surface area contributed by atoms with Crippen LogP contribution in [0.3, 0.4) is 0 Å². The Hall–Kier alpha value is -2.33. The molecule has 1 aliphatic heterocycles. The van der Waals surface area contributed by atoms with Crippen molar-refractivity contribution in [1.82, 2.24) is 5.32 Å². The molecule has 2 N–H and O–H groups in total. The molecule has 3 rings (SSSR count). The third-order valence-corrected chi connectivity index (χ3v) is 4.31. The molecule has 0 saturated carbocycles. The Labute approximate surface area is 143 Å². The summed E-state index contributed by atoms with van der Waals surface area (Å²) in [4.78, 5) is 12.4. The molecule has 0 aliphatic carbocycles. The van der Waals surface area contributed by atoms with E-state index in [0.29, 0.717) is 18.1 Å². The maximum absolute atomic E-state index is 12.4. The van der Waals surface area contributed by atoms with Gasteiger partial charge in [-0.15, -0.1) is 0 Å². The number of carbonyl (C=O) groups is 1. The molecular weight excluding hydrogens is 300 g/mol. The zero-order valence-electron chi connectivity index (χ0n) is 14.0. The Morgan fingerprint density at radius 2 is 1.96 bits per heavy atom. The maximum atomic E-state index is 12.4. The molecule has 4 heteroatoms. The number of amides is 1. The van der Waals surface area contributed by atoms with Crippen LogP contribution in [0, 0.1) is 12.8 Å². The van der Waals surface area contributed by atoms with Crippen LogP contribution < -0.4 is 15.4 Å². The van der Waals surface area contributed by atoms with Gasteiger partial charge < -0.3 is 15.4 Å². The average Bonchev–Trinajstić information content (AvgIpc) is 2.57. The highest BCUT2D eigenvalue weighted by molar-refractivity contribution is 5.92. The van der Waals surface area contributed by atoms with Gasteiger partial charge in [-0.2, -0.15) is 0 Å². The molecule has 4 nitrogen and oxygen atoms in total. The van der Waals surface area contributed by atoms with Gasteiger partial charge in [0, 0.05) is 6.42 Å². The van der Waals surface area contributed by atoms with Crippen molar-refractivity contribution < 1.29 is 9.53 Å². The predicted molar refractivity (Wildman–Crippen MR) is 96.5 cm³/mol. The molecule has 1 fully saturated rings. The number of hydrogen-bond acceptors (Lipinski definition) is 3. The molecule has 0 aromatic heterocycles. The fourth-order valence-electron chi connectivity index (χ4n) is 3.01. The van der Waals surface area contributed by atoms with Crippen molar-refractivity contribution in [3.63, 3.8) is 0 Å². The lowest BCUT2D eigenvalue weighted by Gasteiger charge is -2.22. The van der Waals surface area contributed by atoms with Crippen molar-refractivity contribution in [3.8, 4) is 11.5 Å². The topological polar surface area (TPSA) is 50.4 Å². The summed E-state index contributed by atoms with van der Waals surface area (Å²) >= 11 is 0. The fourth-order valence-corrected chi connectivity index (χ4v) is 3.01. The van der Waals surface area contributed by atoms with Gasteiger partial charge in [-0.3, -0.25) is 4.79 Å². The van der Waals surface area contributed by atoms with E-state index in [4.69, 9.17) is 4.74 Å². The minimum atomic E-state index is 0.0576. The molecule has 1 heterocycles. The number of benzene rings is 2. The van der Waals surface area contributed by atoms with Crippen LogP contribution in [0.5, 0.6) is 11.5 Å². The van der Waals surface area contributed by atoms with Crippen LogP contribution in [-0.4, -0.2) is 19.0 Å². The summed E-state index contributed by atoms with van der Waals surface area (Å²) in [6, 6.07) is 15.5. The number of para-hydroxylation sites is 2. The van der Waals surface area contributed by atoms with E-state index in [1.165, 1.54) is 0 Å². The Bertz CT molecular complexity index is 694. The number of aryl methyl sites for hydroxylation is 1. The van der Waals surface area contributed by atoms with Gasteiger partial charge in [-0.25, -0.2) is 0 Å². The number of piperidine rings is 1. The van der Waals surface area contributed by atoms with Crippen LogP contribution in [-0.2, 0) is 4.79 Å². The second-order valence-corrected chi connectivity index (χ2v) is 6.36. The van der Waals surface area contributed by atoms with Gasteiger partial charge in [0.2, 0.25) is 5.91 Å². The quantitative estimate of drug-likeness (QED) is 0.870. The van der Waals surface area contributed by atoms with Gasteiger partial charge in [0.05, 0.1) is 5.69 Å². The summed E-state index contributed by atoms with van der Waals surface area (Å²) in [6.07, 6.45) is 2.70. The largest absolute Gasteiger partial charge is 0.455 e. The number of carbonyl (C=O) groups excluding carboxylic acids is 1. The summed E-state index contributed by atoms with van der Waals surface area (Å²) in [5, 5.41) is 6.34. The summed E-state index contributed by atoms with van der Waals surface area (Å²) < 4.78 is 5.96. The predicted octanol–water partition coefficient (Wildman–Crippen LogP) is 4.12. The van der Waals surface area contributed by atoms with Gasteiger partial charge in [0.25, 0.3) is 0 Å². The van der Waals surface area contributed by atoms with E-state index >= 15 is 0 Å². The van der Waals surface area contributed by atoms with Crippen LogP contribution in [0.15, 0.2) is 48.5 Å². The van der Waals surface area contributed by atoms with Gasteiger partial charge >= 0.3 is 0 Å². The Morgan fingerprint density at radius 3 is 2.75 bits per heavy atom. The third kappa shape index (κ3) is 4.59. The van der Waals surface area contributed by atoms with E-state index in [2.05, 4.69) is 10.6 Å². The van der Waals surface area contributed by atoms with Crippen molar-refractivity contribution in [1.29, 1.82) is 0 Å². The van der Waals surface area contributed by atoms with Crippen molar-refractivity contribution in [2.45, 2.75) is 26.2 Å². The molecule has 0 radical (unpaired) electrons. The second-order valence-electron chi connectivity index (χ2n) is 6.36. The first-order valence-electron chi connectivity index (χ1n) is 8.55. The number of ether oxygens (including phenoxy) is 1. The van der Waals surface area contributed by atoms with Crippen molar-refractivity contribution in [3.05, 3.63) is 54.1 Å². The SMILES string of the molecule is Cc1cccc(Oc2ccccc2NC(=O)CC2CCNCC2)c1. The number of hydrogen-bond donors (Lipinski definition) is 2. The van der Waals surface area contributed by atoms with Gasteiger partial charge in [0.1, 0.15) is 5.75 Å². The van der Waals surface area contributed by atoms with Crippen LogP contribution in [0.25, 0.3) is 0 Å². The molecule has 2 aromatic rings. The second kappa shape index (κ2) is 7.97. The van der Waals surface area contributed by atoms with Crippen LogP contribution >= 0.6 is 0 Å². The Morgan fingerprint density at radius 1 is 1.17 bits per heavy atom. The van der Waals surface area contributed by atoms with Gasteiger partial charge in [0.15, 0.2) is 5.75 Å². The molecule has 0 bridgehead atoms. The lowest BCUT2D eigenvalue weighted by atomic mass is 9.94. The van der Waals surface area contributed by atoms with E-state index in [0.717, 1.165) is 42.9 Å². The number of anilines is 1. The highest BCUT2D eigenvalue weighted by Crippen LogP contribution is 2.30. The summed E-state index contributed by atoms with van der Waals surface area (Å²) in [5.74, 6) is 1.97. The maximum Gasteiger partial charge on any atom is 0.224 e. The minimum Gasteiger partial charge on any atom is -0.455 e. The van der Waals surface area contributed by atoms with Crippen molar-refractivity contribution in [2.24, 2.45) is 5.92 Å². The van der Waals surface area contributed by atoms with Crippen molar-refractivity contribution in [2.75, 3.05) is 18.4 Å². The average molecular weight is 324 g/mol. The molecule has 0 atom stereocenters. The Balaban J connectivity index is 1.66. The van der Waals surface area contributed by atoms with E-state index in [-0.39, 0.29) is 5.91 Å². The fraction of sp³-hybridized carbons (Fsp3) is 0.350. The first kappa shape index (κ1) is 16.5. The monoisotopic (exact) mass is 324 g/mol.